The Bertz CT molecular complexity index is 870. The highest BCUT2D eigenvalue weighted by Crippen LogP contribution is 2.16. The molecule has 3 rings (SSSR count). The molecule has 1 unspecified atom stereocenters. The van der Waals surface area contributed by atoms with Crippen molar-refractivity contribution in [2.24, 2.45) is 4.99 Å². The third-order valence-corrected chi connectivity index (χ3v) is 4.38. The van der Waals surface area contributed by atoms with Crippen LogP contribution in [0.4, 0.5) is 0 Å². The number of nitrogens with one attached hydrogen (secondary N) is 2. The van der Waals surface area contributed by atoms with Crippen LogP contribution in [0.15, 0.2) is 59.7 Å². The van der Waals surface area contributed by atoms with E-state index in [1.807, 2.05) is 34.9 Å². The molecule has 0 amide bonds. The number of rotatable bonds is 7. The smallest absolute Gasteiger partial charge is 0.191 e. The summed E-state index contributed by atoms with van der Waals surface area (Å²) in [5, 5.41) is 15.2. The highest BCUT2D eigenvalue weighted by molar-refractivity contribution is 5.79. The molecule has 0 bridgehead atoms. The predicted molar refractivity (Wildman–Crippen MR) is 109 cm³/mol. The molecule has 142 valence electrons. The minimum Gasteiger partial charge on any atom is -0.357 e. The minimum absolute atomic E-state index is 0.254. The van der Waals surface area contributed by atoms with Crippen LogP contribution in [0.25, 0.3) is 5.65 Å². The van der Waals surface area contributed by atoms with E-state index in [0.29, 0.717) is 6.54 Å². The quantitative estimate of drug-likeness (QED) is 0.496. The number of guanidine groups is 1. The van der Waals surface area contributed by atoms with E-state index < -0.39 is 0 Å². The number of benzene rings is 1. The molecule has 1 aromatic carbocycles. The average molecular weight is 365 g/mol. The van der Waals surface area contributed by atoms with Gasteiger partial charge in [-0.15, -0.1) is 10.2 Å². The van der Waals surface area contributed by atoms with Crippen molar-refractivity contribution in [2.75, 3.05) is 27.2 Å². The van der Waals surface area contributed by atoms with E-state index in [9.17, 15) is 0 Å². The molecule has 7 heteroatoms. The molecule has 2 N–H and O–H groups in total. The first-order chi connectivity index (χ1) is 13.2. The number of hydrogen-bond donors (Lipinski definition) is 2. The van der Waals surface area contributed by atoms with Gasteiger partial charge in [-0.25, -0.2) is 4.99 Å². The van der Waals surface area contributed by atoms with Gasteiger partial charge >= 0.3 is 0 Å². The molecule has 0 aliphatic heterocycles. The second-order valence-electron chi connectivity index (χ2n) is 6.51. The summed E-state index contributed by atoms with van der Waals surface area (Å²) in [6, 6.07) is 16.6. The third kappa shape index (κ3) is 4.83. The van der Waals surface area contributed by atoms with Crippen LogP contribution in [0.5, 0.6) is 0 Å². The predicted octanol–water partition coefficient (Wildman–Crippen LogP) is 2.09. The second kappa shape index (κ2) is 9.14. The van der Waals surface area contributed by atoms with Crippen LogP contribution in [0.1, 0.15) is 24.4 Å². The molecule has 1 atom stereocenters. The highest BCUT2D eigenvalue weighted by atomic mass is 15.3. The molecule has 0 radical (unpaired) electrons. The van der Waals surface area contributed by atoms with E-state index in [1.54, 1.807) is 0 Å². The maximum absolute atomic E-state index is 4.68. The van der Waals surface area contributed by atoms with Crippen LogP contribution in [-0.4, -0.2) is 52.6 Å². The third-order valence-electron chi connectivity index (χ3n) is 4.38. The normalized spacial score (nSPS) is 13.1. The molecule has 0 spiro atoms. The summed E-state index contributed by atoms with van der Waals surface area (Å²) in [5.41, 5.74) is 2.10. The van der Waals surface area contributed by atoms with Gasteiger partial charge in [-0.05, 0) is 38.7 Å². The van der Waals surface area contributed by atoms with Gasteiger partial charge in [0.15, 0.2) is 17.4 Å². The van der Waals surface area contributed by atoms with E-state index in [0.717, 1.165) is 30.5 Å². The first-order valence-electron chi connectivity index (χ1n) is 9.21. The second-order valence-corrected chi connectivity index (χ2v) is 6.51. The SMILES string of the molecule is CCNC(=NCc1nnc2ccccn12)NCC(c1ccccc1)N(C)C. The van der Waals surface area contributed by atoms with Crippen molar-refractivity contribution in [3.63, 3.8) is 0 Å². The fraction of sp³-hybridized carbons (Fsp3) is 0.350. The van der Waals surface area contributed by atoms with Crippen LogP contribution < -0.4 is 10.6 Å². The molecule has 7 nitrogen and oxygen atoms in total. The van der Waals surface area contributed by atoms with Crippen LogP contribution in [0.3, 0.4) is 0 Å². The molecular formula is C20H27N7. The molecule has 3 aromatic rings. The molecule has 0 aliphatic carbocycles. The number of fused-ring (bicyclic) bond motifs is 1. The summed E-state index contributed by atoms with van der Waals surface area (Å²) < 4.78 is 1.96. The van der Waals surface area contributed by atoms with Crippen molar-refractivity contribution in [1.29, 1.82) is 0 Å². The Labute approximate surface area is 160 Å². The van der Waals surface area contributed by atoms with E-state index >= 15 is 0 Å². The van der Waals surface area contributed by atoms with Crippen molar-refractivity contribution >= 4 is 11.6 Å². The van der Waals surface area contributed by atoms with Crippen molar-refractivity contribution in [3.05, 3.63) is 66.1 Å². The van der Waals surface area contributed by atoms with Crippen LogP contribution in [0.2, 0.25) is 0 Å². The van der Waals surface area contributed by atoms with Crippen LogP contribution >= 0.6 is 0 Å². The number of aromatic nitrogens is 3. The minimum atomic E-state index is 0.254. The zero-order valence-corrected chi connectivity index (χ0v) is 16.1. The van der Waals surface area contributed by atoms with Gasteiger partial charge in [0.2, 0.25) is 0 Å². The number of pyridine rings is 1. The maximum Gasteiger partial charge on any atom is 0.191 e. The summed E-state index contributed by atoms with van der Waals surface area (Å²) in [5.74, 6) is 1.59. The molecular weight excluding hydrogens is 338 g/mol. The Hall–Kier alpha value is -2.93. The highest BCUT2D eigenvalue weighted by Gasteiger charge is 2.14. The molecule has 0 aliphatic rings. The standard InChI is InChI=1S/C20H27N7/c1-4-21-20(22-14-17(26(2)3)16-10-6-5-7-11-16)23-15-19-25-24-18-12-8-9-13-27(18)19/h5-13,17H,4,14-15H2,1-3H3,(H2,21,22,23). The van der Waals surface area contributed by atoms with Gasteiger partial charge in [-0.3, -0.25) is 4.40 Å². The number of likely N-dealkylation sites (N-methyl/N-ethyl adjacent to an activating group) is 1. The fourth-order valence-electron chi connectivity index (χ4n) is 2.96. The lowest BCUT2D eigenvalue weighted by molar-refractivity contribution is 0.298. The fourth-order valence-corrected chi connectivity index (χ4v) is 2.96. The van der Waals surface area contributed by atoms with E-state index in [1.165, 1.54) is 5.56 Å². The maximum atomic E-state index is 4.68. The molecule has 0 fully saturated rings. The lowest BCUT2D eigenvalue weighted by atomic mass is 10.1. The van der Waals surface area contributed by atoms with Crippen molar-refractivity contribution in [1.82, 2.24) is 30.1 Å². The summed E-state index contributed by atoms with van der Waals surface area (Å²) >= 11 is 0. The monoisotopic (exact) mass is 365 g/mol. The van der Waals surface area contributed by atoms with Crippen molar-refractivity contribution in [2.45, 2.75) is 19.5 Å². The van der Waals surface area contributed by atoms with Gasteiger partial charge in [0, 0.05) is 19.3 Å². The van der Waals surface area contributed by atoms with Gasteiger partial charge in [0.05, 0.1) is 6.04 Å². The van der Waals surface area contributed by atoms with Gasteiger partial charge in [0.25, 0.3) is 0 Å². The lowest BCUT2D eigenvalue weighted by Gasteiger charge is -2.26. The first kappa shape index (κ1) is 18.8. The van der Waals surface area contributed by atoms with Crippen molar-refractivity contribution < 1.29 is 0 Å². The summed E-state index contributed by atoms with van der Waals surface area (Å²) in [7, 11) is 4.18. The van der Waals surface area contributed by atoms with Gasteiger partial charge < -0.3 is 15.5 Å². The number of hydrogen-bond acceptors (Lipinski definition) is 4. The van der Waals surface area contributed by atoms with Crippen LogP contribution in [-0.2, 0) is 6.54 Å². The molecule has 27 heavy (non-hydrogen) atoms. The molecule has 2 heterocycles. The number of aliphatic imine (C=N–C) groups is 1. The Morgan fingerprint density at radius 3 is 2.59 bits per heavy atom. The zero-order valence-electron chi connectivity index (χ0n) is 16.1. The first-order valence-corrected chi connectivity index (χ1v) is 9.21. The Balaban J connectivity index is 1.70. The summed E-state index contributed by atoms with van der Waals surface area (Å²) in [4.78, 5) is 6.89. The van der Waals surface area contributed by atoms with E-state index in [-0.39, 0.29) is 6.04 Å². The van der Waals surface area contributed by atoms with Crippen molar-refractivity contribution in [3.8, 4) is 0 Å². The van der Waals surface area contributed by atoms with Crippen LogP contribution in [0, 0.1) is 0 Å². The van der Waals surface area contributed by atoms with Gasteiger partial charge in [0.1, 0.15) is 6.54 Å². The molecule has 0 saturated heterocycles. The van der Waals surface area contributed by atoms with Gasteiger partial charge in [-0.2, -0.15) is 0 Å². The number of nitrogens with zero attached hydrogens (tertiary/aromatic N) is 5. The molecule has 0 saturated carbocycles. The largest absolute Gasteiger partial charge is 0.357 e. The Kier molecular flexibility index (Phi) is 6.38. The van der Waals surface area contributed by atoms with Gasteiger partial charge in [-0.1, -0.05) is 36.4 Å². The average Bonchev–Trinajstić information content (AvgIpc) is 3.10. The Morgan fingerprint density at radius 1 is 1.07 bits per heavy atom. The summed E-state index contributed by atoms with van der Waals surface area (Å²) in [6.45, 7) is 4.07. The topological polar surface area (TPSA) is 69.8 Å². The van der Waals surface area contributed by atoms with E-state index in [2.05, 4.69) is 76.0 Å². The zero-order chi connectivity index (χ0) is 19.1. The lowest BCUT2D eigenvalue weighted by Crippen LogP contribution is -2.41. The Morgan fingerprint density at radius 2 is 1.85 bits per heavy atom. The summed E-state index contributed by atoms with van der Waals surface area (Å²) in [6.07, 6.45) is 1.96. The molecule has 2 aromatic heterocycles. The van der Waals surface area contributed by atoms with E-state index in [4.69, 9.17) is 0 Å².